The van der Waals surface area contributed by atoms with Crippen LogP contribution in [-0.4, -0.2) is 54.0 Å². The highest BCUT2D eigenvalue weighted by Crippen LogP contribution is 2.29. The molecule has 29 heavy (non-hydrogen) atoms. The van der Waals surface area contributed by atoms with Crippen molar-refractivity contribution in [2.45, 2.75) is 37.8 Å². The predicted octanol–water partition coefficient (Wildman–Crippen LogP) is 5.14. The van der Waals surface area contributed by atoms with Crippen LogP contribution in [0.3, 0.4) is 0 Å². The molecule has 2 saturated heterocycles. The number of amides is 1. The number of hydrogen-bond acceptors (Lipinski definition) is 3. The monoisotopic (exact) mass is 432 g/mol. The van der Waals surface area contributed by atoms with E-state index in [4.69, 9.17) is 27.9 Å². The first-order valence-electron chi connectivity index (χ1n) is 10.3. The molecule has 6 heteroatoms. The maximum absolute atomic E-state index is 12.6. The maximum atomic E-state index is 12.6. The highest BCUT2D eigenvalue weighted by atomic mass is 35.5. The van der Waals surface area contributed by atoms with Gasteiger partial charge in [0.25, 0.3) is 5.91 Å². The standard InChI is InChI=1S/C23H26Cl2N2O2/c24-21-7-6-20(16-22(21)25)29-19-10-14-26(15-11-19)18-8-12-27(13-9-18)23(28)17-4-2-1-3-5-17/h1-7,16,18-19H,8-15H2. The van der Waals surface area contributed by atoms with Crippen molar-refractivity contribution in [3.05, 3.63) is 64.1 Å². The molecular weight excluding hydrogens is 407 g/mol. The Hall–Kier alpha value is -1.75. The van der Waals surface area contributed by atoms with Crippen LogP contribution in [0.15, 0.2) is 48.5 Å². The molecule has 0 bridgehead atoms. The van der Waals surface area contributed by atoms with Crippen molar-refractivity contribution in [3.63, 3.8) is 0 Å². The number of ether oxygens (including phenoxy) is 1. The minimum Gasteiger partial charge on any atom is -0.490 e. The Labute approximate surface area is 182 Å². The second-order valence-electron chi connectivity index (χ2n) is 7.82. The predicted molar refractivity (Wildman–Crippen MR) is 117 cm³/mol. The molecule has 2 aromatic carbocycles. The molecule has 0 radical (unpaired) electrons. The van der Waals surface area contributed by atoms with Crippen molar-refractivity contribution in [2.75, 3.05) is 26.2 Å². The minimum absolute atomic E-state index is 0.151. The molecule has 2 fully saturated rings. The number of halogens is 2. The molecule has 4 rings (SSSR count). The van der Waals surface area contributed by atoms with Crippen molar-refractivity contribution in [1.29, 1.82) is 0 Å². The van der Waals surface area contributed by atoms with Gasteiger partial charge in [0.15, 0.2) is 0 Å². The van der Waals surface area contributed by atoms with Gasteiger partial charge in [0, 0.05) is 43.9 Å². The fourth-order valence-electron chi connectivity index (χ4n) is 4.30. The Kier molecular flexibility index (Phi) is 6.63. The van der Waals surface area contributed by atoms with Crippen LogP contribution in [0.5, 0.6) is 5.75 Å². The first-order valence-corrected chi connectivity index (χ1v) is 11.1. The van der Waals surface area contributed by atoms with Gasteiger partial charge >= 0.3 is 0 Å². The van der Waals surface area contributed by atoms with Gasteiger partial charge in [-0.25, -0.2) is 0 Å². The molecule has 0 spiro atoms. The number of hydrogen-bond donors (Lipinski definition) is 0. The number of carbonyl (C=O) groups excluding carboxylic acids is 1. The second-order valence-corrected chi connectivity index (χ2v) is 8.63. The van der Waals surface area contributed by atoms with Crippen molar-refractivity contribution < 1.29 is 9.53 Å². The lowest BCUT2D eigenvalue weighted by molar-refractivity contribution is 0.0425. The lowest BCUT2D eigenvalue weighted by Gasteiger charge is -2.41. The van der Waals surface area contributed by atoms with E-state index in [1.807, 2.05) is 41.3 Å². The average Bonchev–Trinajstić information content (AvgIpc) is 2.77. The summed E-state index contributed by atoms with van der Waals surface area (Å²) >= 11 is 12.1. The Morgan fingerprint density at radius 1 is 0.862 bits per heavy atom. The first-order chi connectivity index (χ1) is 14.1. The lowest BCUT2D eigenvalue weighted by atomic mass is 9.98. The number of nitrogens with zero attached hydrogens (tertiary/aromatic N) is 2. The van der Waals surface area contributed by atoms with Crippen LogP contribution in [0.1, 0.15) is 36.0 Å². The smallest absolute Gasteiger partial charge is 0.253 e. The van der Waals surface area contributed by atoms with Gasteiger partial charge in [-0.1, -0.05) is 41.4 Å². The van der Waals surface area contributed by atoms with Gasteiger partial charge in [-0.3, -0.25) is 9.69 Å². The summed E-state index contributed by atoms with van der Waals surface area (Å²) in [7, 11) is 0. The first kappa shape index (κ1) is 20.5. The number of likely N-dealkylation sites (tertiary alicyclic amines) is 2. The number of piperidine rings is 2. The number of rotatable bonds is 4. The van der Waals surface area contributed by atoms with E-state index in [1.54, 1.807) is 12.1 Å². The SMILES string of the molecule is O=C(c1ccccc1)N1CCC(N2CCC(Oc3ccc(Cl)c(Cl)c3)CC2)CC1. The van der Waals surface area contributed by atoms with Gasteiger partial charge in [-0.05, 0) is 49.9 Å². The summed E-state index contributed by atoms with van der Waals surface area (Å²) in [6.07, 6.45) is 4.30. The molecule has 0 aliphatic carbocycles. The summed E-state index contributed by atoms with van der Waals surface area (Å²) in [5.74, 6) is 0.934. The maximum Gasteiger partial charge on any atom is 0.253 e. The summed E-state index contributed by atoms with van der Waals surface area (Å²) in [6, 6.07) is 15.6. The third-order valence-corrected chi connectivity index (χ3v) is 6.70. The topological polar surface area (TPSA) is 32.8 Å². The van der Waals surface area contributed by atoms with E-state index in [9.17, 15) is 4.79 Å². The summed E-state index contributed by atoms with van der Waals surface area (Å²) in [4.78, 5) is 17.2. The summed E-state index contributed by atoms with van der Waals surface area (Å²) in [6.45, 7) is 3.72. The number of benzene rings is 2. The highest BCUT2D eigenvalue weighted by Gasteiger charge is 2.30. The average molecular weight is 433 g/mol. The van der Waals surface area contributed by atoms with E-state index in [-0.39, 0.29) is 12.0 Å². The molecule has 1 amide bonds. The Bertz CT molecular complexity index is 830. The molecule has 0 aromatic heterocycles. The van der Waals surface area contributed by atoms with E-state index in [2.05, 4.69) is 4.90 Å². The van der Waals surface area contributed by atoms with Crippen LogP contribution in [-0.2, 0) is 0 Å². The molecule has 2 aliphatic rings. The normalized spacial score (nSPS) is 19.3. The zero-order valence-corrected chi connectivity index (χ0v) is 17.9. The van der Waals surface area contributed by atoms with Crippen molar-refractivity contribution >= 4 is 29.1 Å². The zero-order chi connectivity index (χ0) is 20.2. The molecule has 2 aliphatic heterocycles. The fourth-order valence-corrected chi connectivity index (χ4v) is 4.59. The lowest BCUT2D eigenvalue weighted by Crippen LogP contribution is -2.50. The Morgan fingerprint density at radius 3 is 2.21 bits per heavy atom. The highest BCUT2D eigenvalue weighted by molar-refractivity contribution is 6.42. The van der Waals surface area contributed by atoms with E-state index >= 15 is 0 Å². The van der Waals surface area contributed by atoms with E-state index < -0.39 is 0 Å². The Morgan fingerprint density at radius 2 is 1.55 bits per heavy atom. The van der Waals surface area contributed by atoms with Gasteiger partial charge in [0.2, 0.25) is 0 Å². The molecule has 0 unspecified atom stereocenters. The van der Waals surface area contributed by atoms with Gasteiger partial charge in [0.1, 0.15) is 11.9 Å². The molecule has 4 nitrogen and oxygen atoms in total. The molecular formula is C23H26Cl2N2O2. The van der Waals surface area contributed by atoms with E-state index in [0.717, 1.165) is 63.2 Å². The quantitative estimate of drug-likeness (QED) is 0.669. The molecule has 2 aromatic rings. The molecule has 0 saturated carbocycles. The van der Waals surface area contributed by atoms with E-state index in [1.165, 1.54) is 0 Å². The van der Waals surface area contributed by atoms with Crippen LogP contribution in [0.25, 0.3) is 0 Å². The van der Waals surface area contributed by atoms with Gasteiger partial charge in [0.05, 0.1) is 10.0 Å². The fraction of sp³-hybridized carbons (Fsp3) is 0.435. The van der Waals surface area contributed by atoms with Crippen LogP contribution >= 0.6 is 23.2 Å². The minimum atomic E-state index is 0.151. The summed E-state index contributed by atoms with van der Waals surface area (Å²) < 4.78 is 6.10. The van der Waals surface area contributed by atoms with Crippen molar-refractivity contribution in [2.24, 2.45) is 0 Å². The van der Waals surface area contributed by atoms with Crippen LogP contribution < -0.4 is 4.74 Å². The second kappa shape index (κ2) is 9.38. The van der Waals surface area contributed by atoms with Gasteiger partial charge < -0.3 is 9.64 Å². The third kappa shape index (κ3) is 5.06. The molecule has 0 N–H and O–H groups in total. The van der Waals surface area contributed by atoms with E-state index in [0.29, 0.717) is 16.1 Å². The summed E-state index contributed by atoms with van der Waals surface area (Å²) in [5, 5.41) is 1.07. The molecule has 0 atom stereocenters. The zero-order valence-electron chi connectivity index (χ0n) is 16.4. The van der Waals surface area contributed by atoms with Crippen LogP contribution in [0.4, 0.5) is 0 Å². The third-order valence-electron chi connectivity index (χ3n) is 5.96. The summed E-state index contributed by atoms with van der Waals surface area (Å²) in [5.41, 5.74) is 0.784. The van der Waals surface area contributed by atoms with Crippen LogP contribution in [0, 0.1) is 0 Å². The van der Waals surface area contributed by atoms with Crippen molar-refractivity contribution in [3.8, 4) is 5.75 Å². The molecule has 2 heterocycles. The van der Waals surface area contributed by atoms with Crippen molar-refractivity contribution in [1.82, 2.24) is 9.80 Å². The largest absolute Gasteiger partial charge is 0.490 e. The van der Waals surface area contributed by atoms with Crippen LogP contribution in [0.2, 0.25) is 10.0 Å². The number of carbonyl (C=O) groups is 1. The van der Waals surface area contributed by atoms with Gasteiger partial charge in [-0.2, -0.15) is 0 Å². The molecule has 154 valence electrons. The van der Waals surface area contributed by atoms with Gasteiger partial charge in [-0.15, -0.1) is 0 Å². The Balaban J connectivity index is 1.24.